The highest BCUT2D eigenvalue weighted by molar-refractivity contribution is 6.30. The fraction of sp³-hybridized carbons (Fsp3) is 0.154. The predicted octanol–water partition coefficient (Wildman–Crippen LogP) is 1.48. The predicted molar refractivity (Wildman–Crippen MR) is 75.0 cm³/mol. The van der Waals surface area contributed by atoms with Crippen molar-refractivity contribution >= 4 is 29.6 Å². The maximum Gasteiger partial charge on any atom is 0.249 e. The van der Waals surface area contributed by atoms with Crippen molar-refractivity contribution < 1.29 is 9.59 Å². The molecule has 0 atom stereocenters. The van der Waals surface area contributed by atoms with E-state index in [1.165, 1.54) is 12.3 Å². The van der Waals surface area contributed by atoms with Gasteiger partial charge in [-0.15, -0.1) is 6.58 Å². The molecule has 0 radical (unpaired) electrons. The Kier molecular flexibility index (Phi) is 6.32. The molecular weight excluding hydrogens is 266 g/mol. The first-order chi connectivity index (χ1) is 9.11. The second kappa shape index (κ2) is 8.05. The molecule has 1 aromatic carbocycles. The normalized spacial score (nSPS) is 10.2. The van der Waals surface area contributed by atoms with E-state index in [-0.39, 0.29) is 12.3 Å². The van der Waals surface area contributed by atoms with Crippen LogP contribution in [0.4, 0.5) is 0 Å². The van der Waals surface area contributed by atoms with Gasteiger partial charge in [0, 0.05) is 11.6 Å². The van der Waals surface area contributed by atoms with Crippen molar-refractivity contribution in [1.29, 1.82) is 0 Å². The Hall–Kier alpha value is -2.14. The zero-order valence-electron chi connectivity index (χ0n) is 10.2. The number of halogens is 1. The molecule has 19 heavy (non-hydrogen) atoms. The lowest BCUT2D eigenvalue weighted by atomic mass is 10.2. The number of benzene rings is 1. The van der Waals surface area contributed by atoms with Crippen molar-refractivity contribution in [2.75, 3.05) is 6.54 Å². The molecule has 6 heteroatoms. The van der Waals surface area contributed by atoms with E-state index >= 15 is 0 Å². The Labute approximate surface area is 116 Å². The molecule has 1 rings (SSSR count). The summed E-state index contributed by atoms with van der Waals surface area (Å²) in [5.74, 6) is -0.866. The number of hydrogen-bond acceptors (Lipinski definition) is 3. The maximum absolute atomic E-state index is 11.3. The van der Waals surface area contributed by atoms with Gasteiger partial charge in [0.25, 0.3) is 0 Å². The van der Waals surface area contributed by atoms with Crippen LogP contribution in [0.1, 0.15) is 12.0 Å². The number of hydrogen-bond donors (Lipinski definition) is 2. The average Bonchev–Trinajstić information content (AvgIpc) is 2.36. The number of carbonyl (C=O) groups is 2. The fourth-order valence-corrected chi connectivity index (χ4v) is 1.40. The molecule has 100 valence electrons. The summed E-state index contributed by atoms with van der Waals surface area (Å²) in [7, 11) is 0. The van der Waals surface area contributed by atoms with Crippen LogP contribution in [0, 0.1) is 0 Å². The summed E-state index contributed by atoms with van der Waals surface area (Å²) in [5.41, 5.74) is 3.01. The Balaban J connectivity index is 2.37. The van der Waals surface area contributed by atoms with Crippen LogP contribution in [-0.2, 0) is 9.59 Å². The van der Waals surface area contributed by atoms with Crippen molar-refractivity contribution in [3.63, 3.8) is 0 Å². The Morgan fingerprint density at radius 2 is 2.16 bits per heavy atom. The summed E-state index contributed by atoms with van der Waals surface area (Å²) in [6.07, 6.45) is 2.71. The topological polar surface area (TPSA) is 70.6 Å². The van der Waals surface area contributed by atoms with Crippen molar-refractivity contribution in [2.45, 2.75) is 6.42 Å². The standard InChI is InChI=1S/C13H14ClN3O2/c1-2-6-15-12(18)8-13(19)17-16-9-10-4-3-5-11(14)7-10/h2-5,7,9H,1,6,8H2,(H,15,18)(H,17,19)/b16-9-. The van der Waals surface area contributed by atoms with Crippen molar-refractivity contribution in [1.82, 2.24) is 10.7 Å². The third-order valence-electron chi connectivity index (χ3n) is 2.02. The van der Waals surface area contributed by atoms with E-state index in [1.54, 1.807) is 24.3 Å². The Bertz CT molecular complexity index is 500. The molecule has 2 amide bonds. The van der Waals surface area contributed by atoms with Crippen molar-refractivity contribution in [3.8, 4) is 0 Å². The molecule has 0 spiro atoms. The van der Waals surface area contributed by atoms with Gasteiger partial charge < -0.3 is 5.32 Å². The molecule has 0 aliphatic carbocycles. The Morgan fingerprint density at radius 3 is 2.84 bits per heavy atom. The number of nitrogens with one attached hydrogen (secondary N) is 2. The minimum atomic E-state index is -0.486. The lowest BCUT2D eigenvalue weighted by Gasteiger charge is -2.01. The minimum absolute atomic E-state index is 0.277. The number of amides is 2. The second-order valence-corrected chi connectivity index (χ2v) is 4.05. The quantitative estimate of drug-likeness (QED) is 0.358. The van der Waals surface area contributed by atoms with Crippen LogP contribution in [0.15, 0.2) is 42.0 Å². The van der Waals surface area contributed by atoms with Gasteiger partial charge in [-0.05, 0) is 17.7 Å². The van der Waals surface area contributed by atoms with E-state index in [9.17, 15) is 9.59 Å². The SMILES string of the molecule is C=CCNC(=O)CC(=O)N/N=C\c1cccc(Cl)c1. The van der Waals surface area contributed by atoms with Crippen molar-refractivity contribution in [3.05, 3.63) is 47.5 Å². The van der Waals surface area contributed by atoms with Gasteiger partial charge in [0.05, 0.1) is 6.21 Å². The maximum atomic E-state index is 11.3. The lowest BCUT2D eigenvalue weighted by Crippen LogP contribution is -2.29. The minimum Gasteiger partial charge on any atom is -0.352 e. The lowest BCUT2D eigenvalue weighted by molar-refractivity contribution is -0.129. The third-order valence-corrected chi connectivity index (χ3v) is 2.25. The average molecular weight is 280 g/mol. The van der Waals surface area contributed by atoms with Crippen LogP contribution in [0.25, 0.3) is 0 Å². The first-order valence-corrected chi connectivity index (χ1v) is 5.94. The molecule has 2 N–H and O–H groups in total. The number of hydrazone groups is 1. The molecule has 5 nitrogen and oxygen atoms in total. The van der Waals surface area contributed by atoms with Crippen LogP contribution in [0.5, 0.6) is 0 Å². The van der Waals surface area contributed by atoms with E-state index < -0.39 is 5.91 Å². The molecule has 0 heterocycles. The highest BCUT2D eigenvalue weighted by atomic mass is 35.5. The molecule has 0 unspecified atom stereocenters. The van der Waals surface area contributed by atoms with E-state index in [4.69, 9.17) is 11.6 Å². The number of rotatable bonds is 6. The molecule has 0 aliphatic heterocycles. The molecule has 0 aliphatic rings. The summed E-state index contributed by atoms with van der Waals surface area (Å²) in [6, 6.07) is 7.00. The second-order valence-electron chi connectivity index (χ2n) is 3.62. The monoisotopic (exact) mass is 279 g/mol. The van der Waals surface area contributed by atoms with Crippen LogP contribution < -0.4 is 10.7 Å². The molecule has 0 bridgehead atoms. The summed E-state index contributed by atoms with van der Waals surface area (Å²) in [5, 5.41) is 6.81. The van der Waals surface area contributed by atoms with Gasteiger partial charge in [0.1, 0.15) is 6.42 Å². The molecule has 0 saturated carbocycles. The van der Waals surface area contributed by atoms with Gasteiger partial charge in [-0.3, -0.25) is 9.59 Å². The fourth-order valence-electron chi connectivity index (χ4n) is 1.20. The van der Waals surface area contributed by atoms with Gasteiger partial charge >= 0.3 is 0 Å². The van der Waals surface area contributed by atoms with E-state index in [0.29, 0.717) is 11.6 Å². The highest BCUT2D eigenvalue weighted by Crippen LogP contribution is 2.08. The first kappa shape index (κ1) is 14.9. The van der Waals surface area contributed by atoms with Gasteiger partial charge in [0.15, 0.2) is 0 Å². The smallest absolute Gasteiger partial charge is 0.249 e. The van der Waals surface area contributed by atoms with E-state index in [0.717, 1.165) is 5.56 Å². The summed E-state index contributed by atoms with van der Waals surface area (Å²) >= 11 is 5.79. The molecular formula is C13H14ClN3O2. The van der Waals surface area contributed by atoms with Crippen molar-refractivity contribution in [2.24, 2.45) is 5.10 Å². The highest BCUT2D eigenvalue weighted by Gasteiger charge is 2.06. The summed E-state index contributed by atoms with van der Waals surface area (Å²) in [4.78, 5) is 22.5. The van der Waals surface area contributed by atoms with Gasteiger partial charge in [-0.1, -0.05) is 29.8 Å². The first-order valence-electron chi connectivity index (χ1n) is 5.57. The molecule has 0 saturated heterocycles. The van der Waals surface area contributed by atoms with Crippen LogP contribution in [0.2, 0.25) is 5.02 Å². The van der Waals surface area contributed by atoms with Gasteiger partial charge in [-0.2, -0.15) is 5.10 Å². The van der Waals surface area contributed by atoms with E-state index in [2.05, 4.69) is 22.4 Å². The Morgan fingerprint density at radius 1 is 1.37 bits per heavy atom. The third kappa shape index (κ3) is 6.38. The summed E-state index contributed by atoms with van der Waals surface area (Å²) < 4.78 is 0. The van der Waals surface area contributed by atoms with Gasteiger partial charge in [0.2, 0.25) is 11.8 Å². The largest absolute Gasteiger partial charge is 0.352 e. The van der Waals surface area contributed by atoms with E-state index in [1.807, 2.05) is 0 Å². The molecule has 0 aromatic heterocycles. The van der Waals surface area contributed by atoms with Crippen LogP contribution in [0.3, 0.4) is 0 Å². The van der Waals surface area contributed by atoms with Crippen LogP contribution in [-0.4, -0.2) is 24.6 Å². The molecule has 1 aromatic rings. The number of carbonyl (C=O) groups excluding carboxylic acids is 2. The molecule has 0 fully saturated rings. The summed E-state index contributed by atoms with van der Waals surface area (Å²) in [6.45, 7) is 3.78. The number of nitrogens with zero attached hydrogens (tertiary/aromatic N) is 1. The van der Waals surface area contributed by atoms with Gasteiger partial charge in [-0.25, -0.2) is 5.43 Å². The van der Waals surface area contributed by atoms with Crippen LogP contribution >= 0.6 is 11.6 Å². The zero-order chi connectivity index (χ0) is 14.1. The zero-order valence-corrected chi connectivity index (χ0v) is 11.0.